The lowest BCUT2D eigenvalue weighted by Gasteiger charge is -2.07. The summed E-state index contributed by atoms with van der Waals surface area (Å²) in [7, 11) is -5.02. The van der Waals surface area contributed by atoms with Crippen molar-refractivity contribution < 1.29 is 12.6 Å². The highest BCUT2D eigenvalue weighted by Crippen LogP contribution is 2.24. The molecule has 23 heavy (non-hydrogen) atoms. The van der Waals surface area contributed by atoms with Gasteiger partial charge < -0.3 is 0 Å². The third kappa shape index (κ3) is 3.25. The van der Waals surface area contributed by atoms with E-state index < -0.39 is 20.6 Å². The van der Waals surface area contributed by atoms with Gasteiger partial charge in [0.1, 0.15) is 0 Å². The smallest absolute Gasteiger partial charge is 0.206 e. The van der Waals surface area contributed by atoms with Crippen molar-refractivity contribution in [1.29, 1.82) is 0 Å². The van der Waals surface area contributed by atoms with E-state index in [1.54, 1.807) is 66.7 Å². The Bertz CT molecular complexity index is 934. The van der Waals surface area contributed by atoms with Crippen molar-refractivity contribution in [2.24, 2.45) is 0 Å². The lowest BCUT2D eigenvalue weighted by molar-refractivity contribution is 0.596. The maximum Gasteiger partial charge on any atom is 0.206 e. The molecule has 0 unspecified atom stereocenters. The van der Waals surface area contributed by atoms with Gasteiger partial charge in [0.15, 0.2) is 0 Å². The Labute approximate surface area is 138 Å². The Morgan fingerprint density at radius 1 is 0.609 bits per heavy atom. The average Bonchev–Trinajstić information content (AvgIpc) is 2.62. The standard InChI is InChI=1S/C18H14O3S2/c19-22(15-8-3-1-4-9-15)16-10-7-13-18(14-16)23(20,21)17-11-5-2-6-12-17/h1-14H/t22-/m1/s1. The van der Waals surface area contributed by atoms with Crippen LogP contribution in [0.25, 0.3) is 0 Å². The van der Waals surface area contributed by atoms with Crippen molar-refractivity contribution >= 4 is 20.6 Å². The summed E-state index contributed by atoms with van der Waals surface area (Å²) in [4.78, 5) is 1.48. The molecule has 5 heteroatoms. The topological polar surface area (TPSA) is 51.2 Å². The zero-order chi connectivity index (χ0) is 16.3. The lowest BCUT2D eigenvalue weighted by atomic mass is 10.4. The molecule has 0 N–H and O–H groups in total. The highest BCUT2D eigenvalue weighted by atomic mass is 32.2. The first-order chi connectivity index (χ1) is 11.1. The second-order valence-electron chi connectivity index (χ2n) is 4.87. The maximum absolute atomic E-state index is 12.6. The van der Waals surface area contributed by atoms with E-state index >= 15 is 0 Å². The fraction of sp³-hybridized carbons (Fsp3) is 0. The highest BCUT2D eigenvalue weighted by molar-refractivity contribution is 7.91. The Morgan fingerprint density at radius 3 is 1.78 bits per heavy atom. The van der Waals surface area contributed by atoms with Gasteiger partial charge in [0, 0.05) is 9.79 Å². The molecular weight excluding hydrogens is 328 g/mol. The summed E-state index contributed by atoms with van der Waals surface area (Å²) in [5, 5.41) is 0. The van der Waals surface area contributed by atoms with Gasteiger partial charge in [0.05, 0.1) is 20.6 Å². The maximum atomic E-state index is 12.6. The molecule has 0 heterocycles. The number of sulfone groups is 1. The van der Waals surface area contributed by atoms with Crippen molar-refractivity contribution in [2.45, 2.75) is 19.6 Å². The molecule has 3 aromatic carbocycles. The van der Waals surface area contributed by atoms with Crippen molar-refractivity contribution in [3.63, 3.8) is 0 Å². The van der Waals surface area contributed by atoms with Gasteiger partial charge in [-0.1, -0.05) is 42.5 Å². The van der Waals surface area contributed by atoms with Crippen LogP contribution in [0.1, 0.15) is 0 Å². The van der Waals surface area contributed by atoms with Crippen LogP contribution in [0, 0.1) is 0 Å². The zero-order valence-electron chi connectivity index (χ0n) is 12.1. The Kier molecular flexibility index (Phi) is 4.41. The summed E-state index contributed by atoms with van der Waals surface area (Å²) >= 11 is 0. The number of hydrogen-bond donors (Lipinski definition) is 0. The van der Waals surface area contributed by atoms with Gasteiger partial charge in [-0.3, -0.25) is 0 Å². The minimum Gasteiger partial charge on any atom is -0.249 e. The van der Waals surface area contributed by atoms with E-state index in [-0.39, 0.29) is 9.79 Å². The first kappa shape index (κ1) is 15.6. The molecule has 3 rings (SSSR count). The van der Waals surface area contributed by atoms with Crippen LogP contribution in [0.5, 0.6) is 0 Å². The van der Waals surface area contributed by atoms with Gasteiger partial charge in [0.2, 0.25) is 9.84 Å². The SMILES string of the molecule is O=[S@](c1ccccc1)c1cccc(S(=O)(=O)c2ccccc2)c1. The fourth-order valence-electron chi connectivity index (χ4n) is 2.17. The Morgan fingerprint density at radius 2 is 1.13 bits per heavy atom. The van der Waals surface area contributed by atoms with Crippen molar-refractivity contribution in [2.75, 3.05) is 0 Å². The summed E-state index contributed by atoms with van der Waals surface area (Å²) in [5.74, 6) is 0. The van der Waals surface area contributed by atoms with Crippen molar-refractivity contribution in [3.8, 4) is 0 Å². The zero-order valence-corrected chi connectivity index (χ0v) is 13.8. The largest absolute Gasteiger partial charge is 0.249 e. The molecule has 0 saturated heterocycles. The van der Waals surface area contributed by atoms with Crippen LogP contribution in [-0.2, 0) is 20.6 Å². The first-order valence-electron chi connectivity index (χ1n) is 6.96. The van der Waals surface area contributed by atoms with E-state index in [9.17, 15) is 12.6 Å². The quantitative estimate of drug-likeness (QED) is 0.727. The molecule has 3 nitrogen and oxygen atoms in total. The molecule has 0 bridgehead atoms. The van der Waals surface area contributed by atoms with Crippen LogP contribution in [0.3, 0.4) is 0 Å². The second kappa shape index (κ2) is 6.48. The van der Waals surface area contributed by atoms with E-state index in [2.05, 4.69) is 0 Å². The summed E-state index contributed by atoms with van der Waals surface area (Å²) < 4.78 is 37.9. The lowest BCUT2D eigenvalue weighted by Crippen LogP contribution is -2.03. The number of rotatable bonds is 4. The van der Waals surface area contributed by atoms with Crippen LogP contribution in [-0.4, -0.2) is 12.6 Å². The molecule has 0 radical (unpaired) electrons. The van der Waals surface area contributed by atoms with E-state index in [4.69, 9.17) is 0 Å². The summed E-state index contributed by atoms with van der Waals surface area (Å²) in [6.45, 7) is 0. The normalized spacial score (nSPS) is 12.7. The van der Waals surface area contributed by atoms with Crippen LogP contribution in [0.4, 0.5) is 0 Å². The van der Waals surface area contributed by atoms with Gasteiger partial charge in [-0.25, -0.2) is 12.6 Å². The van der Waals surface area contributed by atoms with E-state index in [1.807, 2.05) is 6.07 Å². The molecule has 1 atom stereocenters. The first-order valence-corrected chi connectivity index (χ1v) is 9.59. The summed E-state index contributed by atoms with van der Waals surface area (Å²) in [6.07, 6.45) is 0. The molecule has 0 aromatic heterocycles. The molecule has 0 fully saturated rings. The third-order valence-electron chi connectivity index (χ3n) is 3.34. The van der Waals surface area contributed by atoms with Crippen LogP contribution < -0.4 is 0 Å². The van der Waals surface area contributed by atoms with Gasteiger partial charge in [-0.2, -0.15) is 0 Å². The molecule has 0 spiro atoms. The van der Waals surface area contributed by atoms with Gasteiger partial charge in [0.25, 0.3) is 0 Å². The van der Waals surface area contributed by atoms with Crippen molar-refractivity contribution in [3.05, 3.63) is 84.9 Å². The molecular formula is C18H14O3S2. The third-order valence-corrected chi connectivity index (χ3v) is 6.49. The molecule has 0 amide bonds. The highest BCUT2D eigenvalue weighted by Gasteiger charge is 2.18. The minimum absolute atomic E-state index is 0.144. The molecule has 0 aliphatic heterocycles. The van der Waals surface area contributed by atoms with E-state index in [0.29, 0.717) is 9.79 Å². The monoisotopic (exact) mass is 342 g/mol. The Balaban J connectivity index is 2.03. The predicted octanol–water partition coefficient (Wildman–Crippen LogP) is 3.69. The van der Waals surface area contributed by atoms with E-state index in [0.717, 1.165) is 0 Å². The molecule has 0 aliphatic rings. The predicted molar refractivity (Wildman–Crippen MR) is 89.5 cm³/mol. The average molecular weight is 342 g/mol. The van der Waals surface area contributed by atoms with E-state index in [1.165, 1.54) is 12.1 Å². The molecule has 116 valence electrons. The summed E-state index contributed by atoms with van der Waals surface area (Å²) in [5.41, 5.74) is 0. The van der Waals surface area contributed by atoms with Crippen molar-refractivity contribution in [1.82, 2.24) is 0 Å². The second-order valence-corrected chi connectivity index (χ2v) is 8.30. The number of hydrogen-bond acceptors (Lipinski definition) is 3. The number of benzene rings is 3. The molecule has 3 aromatic rings. The fourth-order valence-corrected chi connectivity index (χ4v) is 4.69. The van der Waals surface area contributed by atoms with Gasteiger partial charge >= 0.3 is 0 Å². The van der Waals surface area contributed by atoms with Crippen LogP contribution in [0.15, 0.2) is 105 Å². The van der Waals surface area contributed by atoms with Gasteiger partial charge in [-0.05, 0) is 42.5 Å². The van der Waals surface area contributed by atoms with Gasteiger partial charge in [-0.15, -0.1) is 0 Å². The summed E-state index contributed by atoms with van der Waals surface area (Å²) in [6, 6.07) is 23.5. The minimum atomic E-state index is -3.61. The van der Waals surface area contributed by atoms with Crippen LogP contribution in [0.2, 0.25) is 0 Å². The molecule has 0 saturated carbocycles. The van der Waals surface area contributed by atoms with Crippen LogP contribution >= 0.6 is 0 Å². The Hall–Kier alpha value is -2.24. The molecule has 0 aliphatic carbocycles.